The molecule has 1 aromatic rings. The van der Waals surface area contributed by atoms with Crippen molar-refractivity contribution in [1.82, 2.24) is 0 Å². The molecule has 1 saturated heterocycles. The van der Waals surface area contributed by atoms with Crippen LogP contribution in [0, 0.1) is 0 Å². The molecule has 0 saturated carbocycles. The molecule has 2 aliphatic heterocycles. The van der Waals surface area contributed by atoms with E-state index in [-0.39, 0.29) is 17.2 Å². The standard InChI is InChI=1S/C15H17NO3S/c1-10-15(18)16(12-4-6-19-7-5-12)13-3-2-11(9-17)8-14(13)20-10/h2-3,8-10,12H,4-7H2,1H3. The van der Waals surface area contributed by atoms with Crippen LogP contribution in [0.4, 0.5) is 5.69 Å². The number of rotatable bonds is 2. The van der Waals surface area contributed by atoms with Gasteiger partial charge in [0.05, 0.1) is 10.9 Å². The van der Waals surface area contributed by atoms with Gasteiger partial charge >= 0.3 is 0 Å². The Bertz CT molecular complexity index is 540. The van der Waals surface area contributed by atoms with E-state index in [4.69, 9.17) is 4.74 Å². The highest BCUT2D eigenvalue weighted by Gasteiger charge is 2.35. The summed E-state index contributed by atoms with van der Waals surface area (Å²) in [5, 5.41) is -0.104. The number of nitrogens with zero attached hydrogens (tertiary/aromatic N) is 1. The third-order valence-corrected chi connectivity index (χ3v) is 4.96. The molecule has 1 fully saturated rings. The summed E-state index contributed by atoms with van der Waals surface area (Å²) in [6.07, 6.45) is 2.59. The van der Waals surface area contributed by atoms with Crippen LogP contribution in [0.25, 0.3) is 0 Å². The van der Waals surface area contributed by atoms with E-state index in [1.165, 1.54) is 11.8 Å². The Hall–Kier alpha value is -1.33. The lowest BCUT2D eigenvalue weighted by Crippen LogP contribution is -2.48. The van der Waals surface area contributed by atoms with Gasteiger partial charge in [0.15, 0.2) is 0 Å². The maximum absolute atomic E-state index is 12.5. The van der Waals surface area contributed by atoms with Gasteiger partial charge in [-0.1, -0.05) is 0 Å². The third-order valence-electron chi connectivity index (χ3n) is 3.82. The van der Waals surface area contributed by atoms with Gasteiger partial charge in [-0.25, -0.2) is 0 Å². The molecule has 0 spiro atoms. The van der Waals surface area contributed by atoms with Gasteiger partial charge in [0.1, 0.15) is 6.29 Å². The molecule has 2 aliphatic rings. The largest absolute Gasteiger partial charge is 0.381 e. The third kappa shape index (κ3) is 2.36. The lowest BCUT2D eigenvalue weighted by atomic mass is 10.0. The molecule has 4 nitrogen and oxygen atoms in total. The first-order valence-corrected chi connectivity index (χ1v) is 7.75. The van der Waals surface area contributed by atoms with Crippen molar-refractivity contribution >= 4 is 29.6 Å². The van der Waals surface area contributed by atoms with E-state index in [9.17, 15) is 9.59 Å². The van der Waals surface area contributed by atoms with Crippen LogP contribution in [0.15, 0.2) is 23.1 Å². The van der Waals surface area contributed by atoms with Gasteiger partial charge < -0.3 is 9.64 Å². The topological polar surface area (TPSA) is 46.6 Å². The zero-order valence-corrected chi connectivity index (χ0v) is 12.2. The molecule has 106 valence electrons. The van der Waals surface area contributed by atoms with Crippen LogP contribution in [0.1, 0.15) is 30.1 Å². The number of hydrogen-bond donors (Lipinski definition) is 0. The van der Waals surface area contributed by atoms with Gasteiger partial charge in [0.25, 0.3) is 0 Å². The number of benzene rings is 1. The van der Waals surface area contributed by atoms with Crippen molar-refractivity contribution in [3.05, 3.63) is 23.8 Å². The molecule has 1 amide bonds. The van der Waals surface area contributed by atoms with Gasteiger partial charge in [-0.3, -0.25) is 9.59 Å². The first-order valence-electron chi connectivity index (χ1n) is 6.87. The predicted molar refractivity (Wildman–Crippen MR) is 78.5 cm³/mol. The quantitative estimate of drug-likeness (QED) is 0.786. The van der Waals surface area contributed by atoms with E-state index in [0.717, 1.165) is 29.7 Å². The van der Waals surface area contributed by atoms with Gasteiger partial charge in [-0.05, 0) is 38.0 Å². The maximum Gasteiger partial charge on any atom is 0.240 e. The van der Waals surface area contributed by atoms with Crippen molar-refractivity contribution in [2.45, 2.75) is 36.0 Å². The van der Waals surface area contributed by atoms with Crippen molar-refractivity contribution in [3.8, 4) is 0 Å². The molecule has 0 N–H and O–H groups in total. The molecule has 1 unspecified atom stereocenters. The first kappa shape index (κ1) is 13.6. The number of fused-ring (bicyclic) bond motifs is 1. The summed E-state index contributed by atoms with van der Waals surface area (Å²) in [6, 6.07) is 5.76. The van der Waals surface area contributed by atoms with Crippen LogP contribution in [0.3, 0.4) is 0 Å². The highest BCUT2D eigenvalue weighted by molar-refractivity contribution is 8.01. The minimum Gasteiger partial charge on any atom is -0.381 e. The number of hydrogen-bond acceptors (Lipinski definition) is 4. The molecule has 20 heavy (non-hydrogen) atoms. The smallest absolute Gasteiger partial charge is 0.240 e. The van der Waals surface area contributed by atoms with Gasteiger partial charge in [-0.2, -0.15) is 0 Å². The normalized spacial score (nSPS) is 23.6. The molecule has 2 heterocycles. The molecule has 0 bridgehead atoms. The fourth-order valence-corrected chi connectivity index (χ4v) is 3.86. The summed E-state index contributed by atoms with van der Waals surface area (Å²) in [6.45, 7) is 3.34. The molecule has 3 rings (SSSR count). The summed E-state index contributed by atoms with van der Waals surface area (Å²) in [5.41, 5.74) is 1.60. The van der Waals surface area contributed by atoms with E-state index >= 15 is 0 Å². The van der Waals surface area contributed by atoms with E-state index in [2.05, 4.69) is 0 Å². The minimum atomic E-state index is -0.104. The number of amides is 1. The zero-order chi connectivity index (χ0) is 14.1. The molecular weight excluding hydrogens is 274 g/mol. The van der Waals surface area contributed by atoms with E-state index in [1.807, 2.05) is 24.0 Å². The number of carbonyl (C=O) groups excluding carboxylic acids is 2. The fraction of sp³-hybridized carbons (Fsp3) is 0.467. The average Bonchev–Trinajstić information content (AvgIpc) is 2.49. The van der Waals surface area contributed by atoms with Crippen LogP contribution in [0.5, 0.6) is 0 Å². The summed E-state index contributed by atoms with van der Waals surface area (Å²) in [5.74, 6) is 0.160. The Morgan fingerprint density at radius 2 is 2.10 bits per heavy atom. The van der Waals surface area contributed by atoms with Gasteiger partial charge in [0.2, 0.25) is 5.91 Å². The van der Waals surface area contributed by atoms with E-state index < -0.39 is 0 Å². The Balaban J connectivity index is 2.00. The Morgan fingerprint density at radius 1 is 1.35 bits per heavy atom. The average molecular weight is 291 g/mol. The number of carbonyl (C=O) groups is 2. The monoisotopic (exact) mass is 291 g/mol. The van der Waals surface area contributed by atoms with E-state index in [0.29, 0.717) is 18.8 Å². The van der Waals surface area contributed by atoms with Crippen molar-refractivity contribution in [2.24, 2.45) is 0 Å². The highest BCUT2D eigenvalue weighted by Crippen LogP contribution is 2.41. The summed E-state index contributed by atoms with van der Waals surface area (Å²) >= 11 is 1.54. The molecule has 1 aromatic carbocycles. The van der Waals surface area contributed by atoms with E-state index in [1.54, 1.807) is 6.07 Å². The SMILES string of the molecule is CC1Sc2cc(C=O)ccc2N(C2CCOCC2)C1=O. The number of ether oxygens (including phenoxy) is 1. The Morgan fingerprint density at radius 3 is 2.80 bits per heavy atom. The molecule has 0 radical (unpaired) electrons. The van der Waals surface area contributed by atoms with Crippen LogP contribution < -0.4 is 4.90 Å². The predicted octanol–water partition coefficient (Wildman–Crippen LogP) is 2.51. The first-order chi connectivity index (χ1) is 9.70. The van der Waals surface area contributed by atoms with Crippen LogP contribution in [-0.2, 0) is 9.53 Å². The molecule has 0 aliphatic carbocycles. The highest BCUT2D eigenvalue weighted by atomic mass is 32.2. The van der Waals surface area contributed by atoms with Gasteiger partial charge in [0, 0.05) is 29.7 Å². The fourth-order valence-electron chi connectivity index (χ4n) is 2.77. The van der Waals surface area contributed by atoms with Crippen LogP contribution in [0.2, 0.25) is 0 Å². The molecule has 0 aromatic heterocycles. The van der Waals surface area contributed by atoms with Crippen molar-refractivity contribution in [2.75, 3.05) is 18.1 Å². The molecular formula is C15H17NO3S. The van der Waals surface area contributed by atoms with Gasteiger partial charge in [-0.15, -0.1) is 11.8 Å². The summed E-state index contributed by atoms with van der Waals surface area (Å²) < 4.78 is 5.39. The lowest BCUT2D eigenvalue weighted by molar-refractivity contribution is -0.118. The van der Waals surface area contributed by atoms with Crippen LogP contribution >= 0.6 is 11.8 Å². The van der Waals surface area contributed by atoms with Crippen LogP contribution in [-0.4, -0.2) is 36.7 Å². The summed E-state index contributed by atoms with van der Waals surface area (Å²) in [7, 11) is 0. The second-order valence-corrected chi connectivity index (χ2v) is 6.54. The molecule has 5 heteroatoms. The van der Waals surface area contributed by atoms with Crippen molar-refractivity contribution in [1.29, 1.82) is 0 Å². The van der Waals surface area contributed by atoms with Crippen molar-refractivity contribution in [3.63, 3.8) is 0 Å². The Kier molecular flexibility index (Phi) is 3.81. The number of aldehydes is 1. The Labute approximate surface area is 122 Å². The number of anilines is 1. The lowest BCUT2D eigenvalue weighted by Gasteiger charge is -2.39. The minimum absolute atomic E-state index is 0.104. The summed E-state index contributed by atoms with van der Waals surface area (Å²) in [4.78, 5) is 26.4. The zero-order valence-electron chi connectivity index (χ0n) is 11.4. The molecule has 1 atom stereocenters. The maximum atomic E-state index is 12.5. The van der Waals surface area contributed by atoms with Crippen molar-refractivity contribution < 1.29 is 14.3 Å². The second kappa shape index (κ2) is 5.58. The second-order valence-electron chi connectivity index (χ2n) is 5.16. The number of thioether (sulfide) groups is 1.